The van der Waals surface area contributed by atoms with Crippen molar-refractivity contribution in [3.05, 3.63) is 22.4 Å². The summed E-state index contributed by atoms with van der Waals surface area (Å²) in [6.07, 6.45) is 1.68. The van der Waals surface area contributed by atoms with Crippen molar-refractivity contribution >= 4 is 21.6 Å². The molecule has 0 saturated heterocycles. The summed E-state index contributed by atoms with van der Waals surface area (Å²) in [5, 5.41) is 0. The first-order chi connectivity index (χ1) is 5.11. The third-order valence-corrected chi connectivity index (χ3v) is 2.07. The molecule has 0 atom stereocenters. The maximum absolute atomic E-state index is 5.54. The van der Waals surface area contributed by atoms with Gasteiger partial charge in [0.25, 0.3) is 0 Å². The van der Waals surface area contributed by atoms with Crippen molar-refractivity contribution in [2.75, 3.05) is 5.73 Å². The Morgan fingerprint density at radius 2 is 2.18 bits per heavy atom. The van der Waals surface area contributed by atoms with Gasteiger partial charge in [-0.15, -0.1) is 0 Å². The molecule has 1 heterocycles. The quantitative estimate of drug-likeness (QED) is 0.781. The number of aromatic nitrogens is 1. The van der Waals surface area contributed by atoms with Crippen LogP contribution in [0.3, 0.4) is 0 Å². The Hall–Kier alpha value is -0.570. The summed E-state index contributed by atoms with van der Waals surface area (Å²) in [5.74, 6) is 0.435. The number of halogens is 1. The zero-order valence-corrected chi connectivity index (χ0v) is 8.22. The molecule has 60 valence electrons. The van der Waals surface area contributed by atoms with Gasteiger partial charge in [-0.3, -0.25) is 4.98 Å². The van der Waals surface area contributed by atoms with Gasteiger partial charge < -0.3 is 5.73 Å². The van der Waals surface area contributed by atoms with Gasteiger partial charge in [0.15, 0.2) is 0 Å². The molecule has 0 unspecified atom stereocenters. The molecule has 3 heteroatoms. The largest absolute Gasteiger partial charge is 0.397 e. The standard InChI is InChI=1S/C8H11BrN2/c1-5(2)8-7(9)3-6(10)4-11-8/h3-5H,10H2,1-2H3. The van der Waals surface area contributed by atoms with Crippen molar-refractivity contribution in [2.24, 2.45) is 0 Å². The lowest BCUT2D eigenvalue weighted by molar-refractivity contribution is 0.817. The fourth-order valence-electron chi connectivity index (χ4n) is 0.888. The van der Waals surface area contributed by atoms with Crippen LogP contribution in [-0.4, -0.2) is 4.98 Å². The van der Waals surface area contributed by atoms with E-state index in [0.29, 0.717) is 11.6 Å². The molecule has 1 aromatic heterocycles. The van der Waals surface area contributed by atoms with E-state index in [2.05, 4.69) is 34.8 Å². The number of nitrogen functional groups attached to an aromatic ring is 1. The number of hydrogen-bond donors (Lipinski definition) is 1. The van der Waals surface area contributed by atoms with Crippen LogP contribution >= 0.6 is 15.9 Å². The molecule has 11 heavy (non-hydrogen) atoms. The third kappa shape index (κ3) is 1.93. The summed E-state index contributed by atoms with van der Waals surface area (Å²) in [6, 6.07) is 1.88. The van der Waals surface area contributed by atoms with Gasteiger partial charge in [-0.25, -0.2) is 0 Å². The minimum absolute atomic E-state index is 0.435. The second kappa shape index (κ2) is 3.22. The Kier molecular flexibility index (Phi) is 2.49. The van der Waals surface area contributed by atoms with Crippen molar-refractivity contribution in [1.29, 1.82) is 0 Å². The highest BCUT2D eigenvalue weighted by Gasteiger charge is 2.05. The van der Waals surface area contributed by atoms with Crippen LogP contribution in [0.1, 0.15) is 25.5 Å². The molecule has 0 saturated carbocycles. The van der Waals surface area contributed by atoms with Gasteiger partial charge in [-0.05, 0) is 27.9 Å². The summed E-state index contributed by atoms with van der Waals surface area (Å²) < 4.78 is 0.993. The molecule has 0 aliphatic rings. The molecule has 0 amide bonds. The zero-order valence-electron chi connectivity index (χ0n) is 6.63. The lowest BCUT2D eigenvalue weighted by Gasteiger charge is -2.06. The summed E-state index contributed by atoms with van der Waals surface area (Å²) in [6.45, 7) is 4.20. The lowest BCUT2D eigenvalue weighted by atomic mass is 10.1. The summed E-state index contributed by atoms with van der Waals surface area (Å²) >= 11 is 3.41. The molecule has 0 aliphatic carbocycles. The second-order valence-corrected chi connectivity index (χ2v) is 3.64. The van der Waals surface area contributed by atoms with Gasteiger partial charge in [0.2, 0.25) is 0 Å². The fraction of sp³-hybridized carbons (Fsp3) is 0.375. The van der Waals surface area contributed by atoms with E-state index < -0.39 is 0 Å². The van der Waals surface area contributed by atoms with Gasteiger partial charge in [0.1, 0.15) is 0 Å². The minimum atomic E-state index is 0.435. The van der Waals surface area contributed by atoms with Gasteiger partial charge in [-0.1, -0.05) is 13.8 Å². The molecule has 0 fully saturated rings. The third-order valence-electron chi connectivity index (χ3n) is 1.44. The number of hydrogen-bond acceptors (Lipinski definition) is 2. The SMILES string of the molecule is CC(C)c1ncc(N)cc1Br. The average molecular weight is 215 g/mol. The van der Waals surface area contributed by atoms with Gasteiger partial charge in [0, 0.05) is 4.47 Å². The van der Waals surface area contributed by atoms with Crippen molar-refractivity contribution in [3.8, 4) is 0 Å². The van der Waals surface area contributed by atoms with E-state index >= 15 is 0 Å². The Bertz CT molecular complexity index is 258. The van der Waals surface area contributed by atoms with Crippen LogP contribution in [0.2, 0.25) is 0 Å². The number of nitrogens with zero attached hydrogens (tertiary/aromatic N) is 1. The van der Waals surface area contributed by atoms with Crippen LogP contribution in [0.15, 0.2) is 16.7 Å². The van der Waals surface area contributed by atoms with Gasteiger partial charge >= 0.3 is 0 Å². The highest BCUT2D eigenvalue weighted by atomic mass is 79.9. The maximum atomic E-state index is 5.54. The summed E-state index contributed by atoms with van der Waals surface area (Å²) in [4.78, 5) is 4.21. The van der Waals surface area contributed by atoms with Gasteiger partial charge in [-0.2, -0.15) is 0 Å². The Morgan fingerprint density at radius 1 is 1.55 bits per heavy atom. The summed E-state index contributed by atoms with van der Waals surface area (Å²) in [7, 11) is 0. The van der Waals surface area contributed by atoms with E-state index in [9.17, 15) is 0 Å². The molecule has 0 radical (unpaired) electrons. The molecule has 2 N–H and O–H groups in total. The Morgan fingerprint density at radius 3 is 2.64 bits per heavy atom. The lowest BCUT2D eigenvalue weighted by Crippen LogP contribution is -1.95. The molecule has 0 aliphatic heterocycles. The first kappa shape index (κ1) is 8.53. The predicted octanol–water partition coefficient (Wildman–Crippen LogP) is 2.55. The van der Waals surface area contributed by atoms with Crippen LogP contribution < -0.4 is 5.73 Å². The fourth-order valence-corrected chi connectivity index (χ4v) is 1.71. The molecular weight excluding hydrogens is 204 g/mol. The molecule has 1 aromatic rings. The molecule has 2 nitrogen and oxygen atoms in total. The van der Waals surface area contributed by atoms with E-state index in [1.807, 2.05) is 6.07 Å². The smallest absolute Gasteiger partial charge is 0.0572 e. The van der Waals surface area contributed by atoms with E-state index in [0.717, 1.165) is 10.2 Å². The van der Waals surface area contributed by atoms with E-state index in [1.54, 1.807) is 6.20 Å². The second-order valence-electron chi connectivity index (χ2n) is 2.79. The number of anilines is 1. The zero-order chi connectivity index (χ0) is 8.43. The van der Waals surface area contributed by atoms with Crippen molar-refractivity contribution in [3.63, 3.8) is 0 Å². The number of pyridine rings is 1. The van der Waals surface area contributed by atoms with Crippen molar-refractivity contribution < 1.29 is 0 Å². The molecular formula is C8H11BrN2. The van der Waals surface area contributed by atoms with Crippen LogP contribution in [-0.2, 0) is 0 Å². The van der Waals surface area contributed by atoms with Gasteiger partial charge in [0.05, 0.1) is 17.6 Å². The van der Waals surface area contributed by atoms with Crippen LogP contribution in [0, 0.1) is 0 Å². The van der Waals surface area contributed by atoms with E-state index in [4.69, 9.17) is 5.73 Å². The highest BCUT2D eigenvalue weighted by Crippen LogP contribution is 2.23. The molecule has 1 rings (SSSR count). The number of rotatable bonds is 1. The van der Waals surface area contributed by atoms with E-state index in [1.165, 1.54) is 0 Å². The molecule has 0 bridgehead atoms. The van der Waals surface area contributed by atoms with Crippen molar-refractivity contribution in [2.45, 2.75) is 19.8 Å². The molecule has 0 aromatic carbocycles. The maximum Gasteiger partial charge on any atom is 0.0572 e. The Balaban J connectivity index is 3.09. The first-order valence-electron chi connectivity index (χ1n) is 3.52. The summed E-state index contributed by atoms with van der Waals surface area (Å²) in [5.41, 5.74) is 7.29. The Labute approximate surface area is 75.0 Å². The topological polar surface area (TPSA) is 38.9 Å². The number of nitrogens with two attached hydrogens (primary N) is 1. The minimum Gasteiger partial charge on any atom is -0.397 e. The van der Waals surface area contributed by atoms with Crippen LogP contribution in [0.5, 0.6) is 0 Å². The normalized spacial score (nSPS) is 10.5. The first-order valence-corrected chi connectivity index (χ1v) is 4.31. The predicted molar refractivity (Wildman–Crippen MR) is 50.4 cm³/mol. The highest BCUT2D eigenvalue weighted by molar-refractivity contribution is 9.10. The van der Waals surface area contributed by atoms with E-state index in [-0.39, 0.29) is 0 Å². The monoisotopic (exact) mass is 214 g/mol. The average Bonchev–Trinajstić information content (AvgIpc) is 1.85. The molecule has 0 spiro atoms. The van der Waals surface area contributed by atoms with Crippen LogP contribution in [0.25, 0.3) is 0 Å². The van der Waals surface area contributed by atoms with Crippen LogP contribution in [0.4, 0.5) is 5.69 Å². The van der Waals surface area contributed by atoms with Crippen molar-refractivity contribution in [1.82, 2.24) is 4.98 Å².